The van der Waals surface area contributed by atoms with E-state index in [4.69, 9.17) is 0 Å². The van der Waals surface area contributed by atoms with Crippen molar-refractivity contribution >= 4 is 23.6 Å². The van der Waals surface area contributed by atoms with Gasteiger partial charge in [-0.25, -0.2) is 4.39 Å². The van der Waals surface area contributed by atoms with Gasteiger partial charge in [0.1, 0.15) is 11.9 Å². The lowest BCUT2D eigenvalue weighted by atomic mass is 10.1. The fourth-order valence-corrected chi connectivity index (χ4v) is 4.18. The van der Waals surface area contributed by atoms with Gasteiger partial charge >= 0.3 is 0 Å². The number of hydrogen-bond donors (Lipinski definition) is 1. The normalized spacial score (nSPS) is 12.0. The van der Waals surface area contributed by atoms with E-state index in [9.17, 15) is 14.0 Å². The number of amides is 2. The van der Waals surface area contributed by atoms with E-state index >= 15 is 0 Å². The monoisotopic (exact) mass is 444 g/mol. The molecule has 31 heavy (non-hydrogen) atoms. The predicted octanol–water partition coefficient (Wildman–Crippen LogP) is 4.87. The molecule has 0 radical (unpaired) electrons. The number of nitrogens with one attached hydrogen (secondary N) is 1. The number of rotatable bonds is 10. The van der Waals surface area contributed by atoms with Gasteiger partial charge in [0.25, 0.3) is 0 Å². The highest BCUT2D eigenvalue weighted by atomic mass is 32.2. The summed E-state index contributed by atoms with van der Waals surface area (Å²) >= 11 is 1.51. The van der Waals surface area contributed by atoms with Crippen LogP contribution in [0, 0.1) is 25.6 Å². The molecule has 0 saturated heterocycles. The van der Waals surface area contributed by atoms with Crippen molar-refractivity contribution in [3.8, 4) is 0 Å². The summed E-state index contributed by atoms with van der Waals surface area (Å²) in [6.45, 7) is 10.4. The Kier molecular flexibility index (Phi) is 9.56. The topological polar surface area (TPSA) is 49.4 Å². The van der Waals surface area contributed by atoms with Crippen molar-refractivity contribution < 1.29 is 14.0 Å². The van der Waals surface area contributed by atoms with Crippen LogP contribution in [-0.4, -0.2) is 35.1 Å². The van der Waals surface area contributed by atoms with Crippen molar-refractivity contribution in [3.63, 3.8) is 0 Å². The second kappa shape index (κ2) is 11.9. The molecule has 2 aromatic rings. The number of carbonyl (C=O) groups is 2. The Bertz CT molecular complexity index is 881. The minimum atomic E-state index is -0.687. The van der Waals surface area contributed by atoms with Gasteiger partial charge in [-0.1, -0.05) is 61.4 Å². The minimum Gasteiger partial charge on any atom is -0.354 e. The summed E-state index contributed by atoms with van der Waals surface area (Å²) in [4.78, 5) is 27.2. The maximum Gasteiger partial charge on any atom is 0.242 e. The number of thioether (sulfide) groups is 1. The highest BCUT2D eigenvalue weighted by molar-refractivity contribution is 7.99. The first-order valence-corrected chi connectivity index (χ1v) is 11.8. The van der Waals surface area contributed by atoms with Gasteiger partial charge in [0, 0.05) is 24.4 Å². The van der Waals surface area contributed by atoms with Gasteiger partial charge in [0.15, 0.2) is 0 Å². The Morgan fingerprint density at radius 3 is 2.32 bits per heavy atom. The summed E-state index contributed by atoms with van der Waals surface area (Å²) in [5.74, 6) is 0.458. The van der Waals surface area contributed by atoms with Gasteiger partial charge in [-0.2, -0.15) is 0 Å². The molecule has 2 aromatic carbocycles. The summed E-state index contributed by atoms with van der Waals surface area (Å²) < 4.78 is 14.2. The molecule has 168 valence electrons. The Labute approximate surface area is 189 Å². The summed E-state index contributed by atoms with van der Waals surface area (Å²) in [6, 6.07) is 12.0. The Hall–Kier alpha value is -2.34. The van der Waals surface area contributed by atoms with E-state index in [-0.39, 0.29) is 29.9 Å². The number of carbonyl (C=O) groups excluding carboxylic acids is 2. The number of nitrogens with zero attached hydrogens (tertiary/aromatic N) is 1. The maximum absolute atomic E-state index is 14.2. The van der Waals surface area contributed by atoms with Gasteiger partial charge in [-0.15, -0.1) is 11.8 Å². The lowest BCUT2D eigenvalue weighted by Crippen LogP contribution is -2.48. The quantitative estimate of drug-likeness (QED) is 0.569. The van der Waals surface area contributed by atoms with Gasteiger partial charge in [0.05, 0.1) is 5.75 Å². The molecule has 0 bridgehead atoms. The molecule has 0 aliphatic rings. The molecule has 0 aliphatic carbocycles. The fourth-order valence-electron chi connectivity index (χ4n) is 3.34. The van der Waals surface area contributed by atoms with Crippen molar-refractivity contribution in [2.45, 2.75) is 53.0 Å². The maximum atomic E-state index is 14.2. The van der Waals surface area contributed by atoms with Crippen LogP contribution in [0.2, 0.25) is 0 Å². The average Bonchev–Trinajstić information content (AvgIpc) is 2.70. The summed E-state index contributed by atoms with van der Waals surface area (Å²) in [5, 5.41) is 2.88. The van der Waals surface area contributed by atoms with Crippen LogP contribution in [0.15, 0.2) is 42.5 Å². The molecule has 2 amide bonds. The third-order valence-corrected chi connectivity index (χ3v) is 5.91. The molecule has 0 heterocycles. The lowest BCUT2D eigenvalue weighted by Gasteiger charge is -2.29. The first kappa shape index (κ1) is 24.9. The van der Waals surface area contributed by atoms with Crippen LogP contribution in [0.1, 0.15) is 43.0 Å². The highest BCUT2D eigenvalue weighted by Crippen LogP contribution is 2.19. The smallest absolute Gasteiger partial charge is 0.242 e. The van der Waals surface area contributed by atoms with Gasteiger partial charge < -0.3 is 10.2 Å². The molecular formula is C25H33FN2O2S. The van der Waals surface area contributed by atoms with Crippen LogP contribution in [0.3, 0.4) is 0 Å². The van der Waals surface area contributed by atoms with E-state index in [2.05, 4.69) is 37.4 Å². The van der Waals surface area contributed by atoms with Crippen molar-refractivity contribution in [1.82, 2.24) is 10.2 Å². The zero-order chi connectivity index (χ0) is 23.0. The third kappa shape index (κ3) is 8.02. The van der Waals surface area contributed by atoms with Crippen LogP contribution in [-0.2, 0) is 21.9 Å². The number of benzene rings is 2. The average molecular weight is 445 g/mol. The SMILES string of the molecule is Cc1cc(C)cc(CSCC(=O)N(Cc2ccccc2F)[C@@H](C)C(=O)NCC(C)C)c1. The lowest BCUT2D eigenvalue weighted by molar-refractivity contribution is -0.138. The van der Waals surface area contributed by atoms with E-state index in [1.807, 2.05) is 13.8 Å². The second-order valence-corrected chi connectivity index (χ2v) is 9.40. The van der Waals surface area contributed by atoms with Crippen molar-refractivity contribution in [2.24, 2.45) is 5.92 Å². The number of aryl methyl sites for hydroxylation is 2. The molecule has 1 N–H and O–H groups in total. The second-order valence-electron chi connectivity index (χ2n) is 8.42. The molecule has 1 atom stereocenters. The predicted molar refractivity (Wildman–Crippen MR) is 126 cm³/mol. The largest absolute Gasteiger partial charge is 0.354 e. The first-order valence-electron chi connectivity index (χ1n) is 10.6. The molecule has 0 aromatic heterocycles. The van der Waals surface area contributed by atoms with Crippen molar-refractivity contribution in [2.75, 3.05) is 12.3 Å². The minimum absolute atomic E-state index is 0.0614. The van der Waals surface area contributed by atoms with Gasteiger partial charge in [-0.05, 0) is 38.3 Å². The van der Waals surface area contributed by atoms with Crippen LogP contribution >= 0.6 is 11.8 Å². The Morgan fingerprint density at radius 1 is 1.06 bits per heavy atom. The molecule has 6 heteroatoms. The first-order chi connectivity index (χ1) is 14.7. The number of hydrogen-bond acceptors (Lipinski definition) is 3. The molecular weight excluding hydrogens is 411 g/mol. The summed E-state index contributed by atoms with van der Waals surface area (Å²) in [5.41, 5.74) is 3.95. The molecule has 0 spiro atoms. The zero-order valence-corrected chi connectivity index (χ0v) is 19.9. The Balaban J connectivity index is 2.09. The molecule has 0 aliphatic heterocycles. The Morgan fingerprint density at radius 2 is 1.71 bits per heavy atom. The highest BCUT2D eigenvalue weighted by Gasteiger charge is 2.26. The van der Waals surface area contributed by atoms with E-state index < -0.39 is 6.04 Å². The van der Waals surface area contributed by atoms with Crippen molar-refractivity contribution in [1.29, 1.82) is 0 Å². The van der Waals surface area contributed by atoms with E-state index in [1.165, 1.54) is 39.4 Å². The van der Waals surface area contributed by atoms with Crippen LogP contribution in [0.5, 0.6) is 0 Å². The zero-order valence-electron chi connectivity index (χ0n) is 19.1. The van der Waals surface area contributed by atoms with Gasteiger partial charge in [0.2, 0.25) is 11.8 Å². The third-order valence-electron chi connectivity index (χ3n) is 4.93. The van der Waals surface area contributed by atoms with Crippen LogP contribution < -0.4 is 5.32 Å². The van der Waals surface area contributed by atoms with Crippen molar-refractivity contribution in [3.05, 3.63) is 70.5 Å². The fraction of sp³-hybridized carbons (Fsp3) is 0.440. The van der Waals surface area contributed by atoms with E-state index in [1.54, 1.807) is 25.1 Å². The van der Waals surface area contributed by atoms with Gasteiger partial charge in [-0.3, -0.25) is 9.59 Å². The van der Waals surface area contributed by atoms with E-state index in [0.717, 1.165) is 0 Å². The number of halogens is 1. The van der Waals surface area contributed by atoms with E-state index in [0.29, 0.717) is 23.8 Å². The molecule has 0 unspecified atom stereocenters. The van der Waals surface area contributed by atoms with Crippen LogP contribution in [0.4, 0.5) is 4.39 Å². The molecule has 2 rings (SSSR count). The molecule has 0 fully saturated rings. The summed E-state index contributed by atoms with van der Waals surface area (Å²) in [6.07, 6.45) is 0. The molecule has 4 nitrogen and oxygen atoms in total. The summed E-state index contributed by atoms with van der Waals surface area (Å²) in [7, 11) is 0. The standard InChI is InChI=1S/C25H33FN2O2S/c1-17(2)13-27-25(30)20(5)28(14-22-8-6-7-9-23(22)26)24(29)16-31-15-21-11-18(3)10-19(4)12-21/h6-12,17,20H,13-16H2,1-5H3,(H,27,30)/t20-/m0/s1. The van der Waals surface area contributed by atoms with Crippen LogP contribution in [0.25, 0.3) is 0 Å². The molecule has 0 saturated carbocycles.